The van der Waals surface area contributed by atoms with Gasteiger partial charge in [-0.2, -0.15) is 0 Å². The van der Waals surface area contributed by atoms with Gasteiger partial charge in [-0.05, 0) is 26.0 Å². The highest BCUT2D eigenvalue weighted by Crippen LogP contribution is 2.25. The van der Waals surface area contributed by atoms with Crippen LogP contribution in [-0.2, 0) is 9.47 Å². The maximum absolute atomic E-state index is 12.1. The fourth-order valence-electron chi connectivity index (χ4n) is 1.88. The number of amides is 2. The highest BCUT2D eigenvalue weighted by Gasteiger charge is 2.40. The zero-order chi connectivity index (χ0) is 13.1. The van der Waals surface area contributed by atoms with Crippen molar-refractivity contribution in [3.05, 3.63) is 35.4 Å². The van der Waals surface area contributed by atoms with Gasteiger partial charge in [-0.3, -0.25) is 9.59 Å². The second-order valence-corrected chi connectivity index (χ2v) is 3.74. The van der Waals surface area contributed by atoms with Crippen molar-refractivity contribution < 1.29 is 19.1 Å². The molecule has 0 radical (unpaired) electrons. The molecule has 1 aliphatic rings. The molecule has 1 aromatic rings. The molecule has 0 atom stereocenters. The van der Waals surface area contributed by atoms with Crippen molar-refractivity contribution in [2.75, 3.05) is 13.2 Å². The molecule has 18 heavy (non-hydrogen) atoms. The van der Waals surface area contributed by atoms with Crippen LogP contribution in [0.25, 0.3) is 0 Å². The Morgan fingerprint density at radius 3 is 1.83 bits per heavy atom. The molecule has 0 unspecified atom stereocenters. The summed E-state index contributed by atoms with van der Waals surface area (Å²) in [6.45, 7) is 4.28. The Morgan fingerprint density at radius 2 is 1.44 bits per heavy atom. The molecule has 0 aliphatic carbocycles. The first-order valence-electron chi connectivity index (χ1n) is 5.90. The summed E-state index contributed by atoms with van der Waals surface area (Å²) in [6, 6.07) is 6.71. The van der Waals surface area contributed by atoms with Crippen LogP contribution in [0.2, 0.25) is 0 Å². The number of hydrogen-bond acceptors (Lipinski definition) is 4. The first-order chi connectivity index (χ1) is 8.70. The number of fused-ring (bicyclic) bond motifs is 1. The third kappa shape index (κ3) is 2.02. The smallest absolute Gasteiger partial charge is 0.265 e. The maximum atomic E-state index is 12.1. The Balaban J connectivity index is 2.31. The van der Waals surface area contributed by atoms with E-state index in [2.05, 4.69) is 0 Å². The third-order valence-electron chi connectivity index (χ3n) is 2.65. The SMILES string of the molecule is CCOC(OCC)N1C(=O)c2ccccc2C1=O. The zero-order valence-corrected chi connectivity index (χ0v) is 10.4. The van der Waals surface area contributed by atoms with Gasteiger partial charge in [-0.15, -0.1) is 0 Å². The van der Waals surface area contributed by atoms with Gasteiger partial charge < -0.3 is 9.47 Å². The quantitative estimate of drug-likeness (QED) is 0.588. The van der Waals surface area contributed by atoms with E-state index in [9.17, 15) is 9.59 Å². The number of carbonyl (C=O) groups is 2. The van der Waals surface area contributed by atoms with Crippen molar-refractivity contribution in [3.63, 3.8) is 0 Å². The minimum absolute atomic E-state index is 0.359. The Labute approximate surface area is 105 Å². The first kappa shape index (κ1) is 12.7. The molecule has 1 aromatic carbocycles. The molecule has 0 bridgehead atoms. The monoisotopic (exact) mass is 249 g/mol. The van der Waals surface area contributed by atoms with Gasteiger partial charge in [0.25, 0.3) is 11.8 Å². The fraction of sp³-hybridized carbons (Fsp3) is 0.385. The van der Waals surface area contributed by atoms with Gasteiger partial charge in [0, 0.05) is 13.2 Å². The minimum atomic E-state index is -0.951. The first-order valence-corrected chi connectivity index (χ1v) is 5.90. The molecule has 0 N–H and O–H groups in total. The average molecular weight is 249 g/mol. The van der Waals surface area contributed by atoms with Crippen LogP contribution in [0.1, 0.15) is 34.6 Å². The summed E-state index contributed by atoms with van der Waals surface area (Å²) >= 11 is 0. The van der Waals surface area contributed by atoms with Gasteiger partial charge in [-0.1, -0.05) is 12.1 Å². The number of nitrogens with zero attached hydrogens (tertiary/aromatic N) is 1. The van der Waals surface area contributed by atoms with Gasteiger partial charge in [0.2, 0.25) is 6.41 Å². The average Bonchev–Trinajstić information content (AvgIpc) is 2.63. The third-order valence-corrected chi connectivity index (χ3v) is 2.65. The van der Waals surface area contributed by atoms with E-state index < -0.39 is 6.41 Å². The molecule has 0 fully saturated rings. The lowest BCUT2D eigenvalue weighted by Crippen LogP contribution is -2.43. The second-order valence-electron chi connectivity index (χ2n) is 3.74. The summed E-state index contributed by atoms with van der Waals surface area (Å²) in [5.74, 6) is -0.745. The molecule has 0 saturated heterocycles. The number of benzene rings is 1. The standard InChI is InChI=1S/C13H15NO4/c1-3-17-13(18-4-2)14-11(15)9-7-5-6-8-10(9)12(14)16/h5-8,13H,3-4H2,1-2H3. The van der Waals surface area contributed by atoms with Gasteiger partial charge in [0.1, 0.15) is 0 Å². The topological polar surface area (TPSA) is 55.8 Å². The Bertz CT molecular complexity index is 431. The van der Waals surface area contributed by atoms with E-state index in [1.54, 1.807) is 38.1 Å². The molecule has 1 heterocycles. The summed E-state index contributed by atoms with van der Waals surface area (Å²) in [4.78, 5) is 25.3. The molecule has 0 spiro atoms. The number of hydrogen-bond donors (Lipinski definition) is 0. The van der Waals surface area contributed by atoms with E-state index in [1.807, 2.05) is 0 Å². The molecule has 0 saturated carbocycles. The van der Waals surface area contributed by atoms with E-state index in [1.165, 1.54) is 0 Å². The predicted molar refractivity (Wildman–Crippen MR) is 64.0 cm³/mol. The zero-order valence-electron chi connectivity index (χ0n) is 10.4. The van der Waals surface area contributed by atoms with Crippen LogP contribution < -0.4 is 0 Å². The molecular weight excluding hydrogens is 234 g/mol. The molecule has 5 nitrogen and oxygen atoms in total. The van der Waals surface area contributed by atoms with Crippen molar-refractivity contribution in [2.45, 2.75) is 20.3 Å². The lowest BCUT2D eigenvalue weighted by molar-refractivity contribution is -0.189. The van der Waals surface area contributed by atoms with Crippen molar-refractivity contribution in [1.82, 2.24) is 4.90 Å². The van der Waals surface area contributed by atoms with Crippen molar-refractivity contribution in [2.24, 2.45) is 0 Å². The normalized spacial score (nSPS) is 14.5. The molecule has 5 heteroatoms. The molecule has 1 aliphatic heterocycles. The van der Waals surface area contributed by atoms with E-state index >= 15 is 0 Å². The van der Waals surface area contributed by atoms with Gasteiger partial charge in [-0.25, -0.2) is 4.90 Å². The van der Waals surface area contributed by atoms with Crippen LogP contribution in [-0.4, -0.2) is 36.3 Å². The van der Waals surface area contributed by atoms with Gasteiger partial charge in [0.15, 0.2) is 0 Å². The highest BCUT2D eigenvalue weighted by atomic mass is 16.7. The van der Waals surface area contributed by atoms with E-state index in [-0.39, 0.29) is 11.8 Å². The maximum Gasteiger partial charge on any atom is 0.265 e. The minimum Gasteiger partial charge on any atom is -0.335 e. The van der Waals surface area contributed by atoms with Crippen LogP contribution >= 0.6 is 0 Å². The summed E-state index contributed by atoms with van der Waals surface area (Å²) in [6.07, 6.45) is -0.951. The van der Waals surface area contributed by atoms with Crippen molar-refractivity contribution >= 4 is 11.8 Å². The number of ether oxygens (including phenoxy) is 2. The van der Waals surface area contributed by atoms with Crippen LogP contribution in [0.4, 0.5) is 0 Å². The Morgan fingerprint density at radius 1 is 1.00 bits per heavy atom. The van der Waals surface area contributed by atoms with E-state index in [4.69, 9.17) is 9.47 Å². The lowest BCUT2D eigenvalue weighted by atomic mass is 10.1. The van der Waals surface area contributed by atoms with E-state index in [0.717, 1.165) is 4.90 Å². The fourth-order valence-corrected chi connectivity index (χ4v) is 1.88. The van der Waals surface area contributed by atoms with Gasteiger partial charge >= 0.3 is 0 Å². The second kappa shape index (κ2) is 5.29. The summed E-state index contributed by atoms with van der Waals surface area (Å²) in [5, 5.41) is 0. The number of carbonyl (C=O) groups excluding carboxylic acids is 2. The number of imide groups is 1. The summed E-state index contributed by atoms with van der Waals surface area (Å²) in [7, 11) is 0. The highest BCUT2D eigenvalue weighted by molar-refractivity contribution is 6.21. The van der Waals surface area contributed by atoms with E-state index in [0.29, 0.717) is 24.3 Å². The molecule has 2 amide bonds. The largest absolute Gasteiger partial charge is 0.335 e. The molecule has 0 aromatic heterocycles. The Hall–Kier alpha value is -1.72. The van der Waals surface area contributed by atoms with Gasteiger partial charge in [0.05, 0.1) is 11.1 Å². The Kier molecular flexibility index (Phi) is 3.74. The van der Waals surface area contributed by atoms with Crippen molar-refractivity contribution in [3.8, 4) is 0 Å². The predicted octanol–water partition coefficient (Wildman–Crippen LogP) is 1.64. The van der Waals surface area contributed by atoms with Crippen LogP contribution in [0.5, 0.6) is 0 Å². The molecule has 2 rings (SSSR count). The van der Waals surface area contributed by atoms with Crippen LogP contribution in [0.3, 0.4) is 0 Å². The molecule has 96 valence electrons. The summed E-state index contributed by atoms with van der Waals surface area (Å²) in [5.41, 5.74) is 0.791. The lowest BCUT2D eigenvalue weighted by Gasteiger charge is -2.24. The molecular formula is C13H15NO4. The van der Waals surface area contributed by atoms with Crippen LogP contribution in [0.15, 0.2) is 24.3 Å². The summed E-state index contributed by atoms with van der Waals surface area (Å²) < 4.78 is 10.6. The number of rotatable bonds is 5. The van der Waals surface area contributed by atoms with Crippen LogP contribution in [0, 0.1) is 0 Å². The van der Waals surface area contributed by atoms with Crippen molar-refractivity contribution in [1.29, 1.82) is 0 Å².